The molecule has 4 heteroatoms. The zero-order valence-electron chi connectivity index (χ0n) is 13.1. The first-order valence-corrected chi connectivity index (χ1v) is 8.05. The highest BCUT2D eigenvalue weighted by atomic mass is 32.1. The van der Waals surface area contributed by atoms with Crippen molar-refractivity contribution in [2.24, 2.45) is 0 Å². The molecule has 1 atom stereocenters. The maximum atomic E-state index is 3.38. The monoisotopic (exact) mass is 283 g/mol. The van der Waals surface area contributed by atoms with E-state index in [2.05, 4.69) is 62.1 Å². The lowest BCUT2D eigenvalue weighted by Crippen LogP contribution is -2.39. The summed E-state index contributed by atoms with van der Waals surface area (Å²) in [6.07, 6.45) is 0. The van der Waals surface area contributed by atoms with Gasteiger partial charge in [0, 0.05) is 35.4 Å². The first kappa shape index (κ1) is 16.6. The summed E-state index contributed by atoms with van der Waals surface area (Å²) < 4.78 is 0. The summed E-state index contributed by atoms with van der Waals surface area (Å²) in [5.41, 5.74) is 0. The number of nitrogens with one attached hydrogen (secondary N) is 1. The van der Waals surface area contributed by atoms with E-state index in [0.29, 0.717) is 6.04 Å². The van der Waals surface area contributed by atoms with Gasteiger partial charge in [-0.2, -0.15) is 0 Å². The van der Waals surface area contributed by atoms with Gasteiger partial charge in [0.15, 0.2) is 0 Å². The summed E-state index contributed by atoms with van der Waals surface area (Å²) >= 11 is 1.94. The molecule has 1 rings (SSSR count). The lowest BCUT2D eigenvalue weighted by Gasteiger charge is -2.29. The molecule has 0 bridgehead atoms. The Bertz CT molecular complexity index is 349. The van der Waals surface area contributed by atoms with E-state index < -0.39 is 0 Å². The van der Waals surface area contributed by atoms with Crippen LogP contribution in [0.25, 0.3) is 0 Å². The van der Waals surface area contributed by atoms with E-state index in [1.165, 1.54) is 9.75 Å². The van der Waals surface area contributed by atoms with Crippen molar-refractivity contribution in [2.45, 2.75) is 39.9 Å². The van der Waals surface area contributed by atoms with Gasteiger partial charge < -0.3 is 10.2 Å². The van der Waals surface area contributed by atoms with E-state index in [-0.39, 0.29) is 0 Å². The molecule has 0 aliphatic carbocycles. The summed E-state index contributed by atoms with van der Waals surface area (Å²) in [5.74, 6) is 0. The predicted molar refractivity (Wildman–Crippen MR) is 85.8 cm³/mol. The van der Waals surface area contributed by atoms with Crippen molar-refractivity contribution in [3.63, 3.8) is 0 Å². The highest BCUT2D eigenvalue weighted by molar-refractivity contribution is 7.11. The molecule has 3 nitrogen and oxygen atoms in total. The molecular weight excluding hydrogens is 254 g/mol. The van der Waals surface area contributed by atoms with Crippen molar-refractivity contribution in [1.29, 1.82) is 0 Å². The van der Waals surface area contributed by atoms with E-state index >= 15 is 0 Å². The zero-order chi connectivity index (χ0) is 14.3. The van der Waals surface area contributed by atoms with Crippen molar-refractivity contribution in [3.05, 3.63) is 21.9 Å². The first-order chi connectivity index (χ1) is 9.06. The van der Waals surface area contributed by atoms with E-state index in [1.807, 2.05) is 11.3 Å². The molecule has 1 aromatic heterocycles. The van der Waals surface area contributed by atoms with Crippen LogP contribution in [-0.2, 0) is 13.1 Å². The molecule has 0 aromatic carbocycles. The summed E-state index contributed by atoms with van der Waals surface area (Å²) in [5, 5.41) is 3.38. The molecule has 0 fully saturated rings. The summed E-state index contributed by atoms with van der Waals surface area (Å²) in [7, 11) is 4.29. The minimum Gasteiger partial charge on any atom is -0.312 e. The molecule has 0 amide bonds. The zero-order valence-corrected chi connectivity index (χ0v) is 13.9. The average molecular weight is 283 g/mol. The van der Waals surface area contributed by atoms with E-state index in [0.717, 1.165) is 32.7 Å². The fourth-order valence-corrected chi connectivity index (χ4v) is 3.29. The van der Waals surface area contributed by atoms with Crippen LogP contribution in [0.3, 0.4) is 0 Å². The van der Waals surface area contributed by atoms with Gasteiger partial charge in [0.2, 0.25) is 0 Å². The highest BCUT2D eigenvalue weighted by Crippen LogP contribution is 2.19. The van der Waals surface area contributed by atoms with Crippen molar-refractivity contribution in [2.75, 3.05) is 33.7 Å². The Morgan fingerprint density at radius 1 is 1.21 bits per heavy atom. The third-order valence-corrected chi connectivity index (χ3v) is 4.35. The van der Waals surface area contributed by atoms with Crippen LogP contribution < -0.4 is 5.32 Å². The van der Waals surface area contributed by atoms with Crippen molar-refractivity contribution >= 4 is 11.3 Å². The second kappa shape index (κ2) is 8.69. The van der Waals surface area contributed by atoms with Crippen LogP contribution in [0.1, 0.15) is 30.5 Å². The van der Waals surface area contributed by atoms with Crippen LogP contribution in [0.5, 0.6) is 0 Å². The number of thiophene rings is 1. The lowest BCUT2D eigenvalue weighted by atomic mass is 10.2. The number of hydrogen-bond acceptors (Lipinski definition) is 4. The number of likely N-dealkylation sites (N-methyl/N-ethyl adjacent to an activating group) is 2. The molecule has 0 aliphatic heterocycles. The minimum atomic E-state index is 0.597. The molecule has 1 aromatic rings. The lowest BCUT2D eigenvalue weighted by molar-refractivity contribution is 0.175. The van der Waals surface area contributed by atoms with Gasteiger partial charge in [0.1, 0.15) is 0 Å². The molecule has 0 spiro atoms. The third kappa shape index (κ3) is 6.04. The molecule has 0 saturated carbocycles. The average Bonchev–Trinajstić information content (AvgIpc) is 2.80. The summed E-state index contributed by atoms with van der Waals surface area (Å²) in [6.45, 7) is 12.0. The van der Waals surface area contributed by atoms with E-state index in [1.54, 1.807) is 0 Å². The Morgan fingerprint density at radius 2 is 1.89 bits per heavy atom. The quantitative estimate of drug-likeness (QED) is 0.751. The van der Waals surface area contributed by atoms with Crippen molar-refractivity contribution in [3.8, 4) is 0 Å². The summed E-state index contributed by atoms with van der Waals surface area (Å²) in [6, 6.07) is 5.13. The molecule has 1 heterocycles. The van der Waals surface area contributed by atoms with Gasteiger partial charge in [-0.05, 0) is 46.2 Å². The van der Waals surface area contributed by atoms with Crippen LogP contribution in [-0.4, -0.2) is 49.6 Å². The molecule has 1 N–H and O–H groups in total. The topological polar surface area (TPSA) is 18.5 Å². The predicted octanol–water partition coefficient (Wildman–Crippen LogP) is 2.63. The second-order valence-corrected chi connectivity index (χ2v) is 6.58. The third-order valence-electron chi connectivity index (χ3n) is 3.28. The van der Waals surface area contributed by atoms with Crippen LogP contribution in [0.4, 0.5) is 0 Å². The Kier molecular flexibility index (Phi) is 7.61. The molecule has 1 unspecified atom stereocenters. The fraction of sp³-hybridized carbons (Fsp3) is 0.733. The van der Waals surface area contributed by atoms with E-state index in [9.17, 15) is 0 Å². The SMILES string of the molecule is CCNCc1ccc(CN(CC)C(C)CN(C)C)s1. The van der Waals surface area contributed by atoms with Crippen LogP contribution in [0, 0.1) is 0 Å². The van der Waals surface area contributed by atoms with E-state index in [4.69, 9.17) is 0 Å². The summed E-state index contributed by atoms with van der Waals surface area (Å²) in [4.78, 5) is 7.72. The standard InChI is InChI=1S/C15H29N3S/c1-6-16-10-14-8-9-15(19-14)12-18(7-2)13(3)11-17(4)5/h8-9,13,16H,6-7,10-12H2,1-5H3. The maximum absolute atomic E-state index is 3.38. The maximum Gasteiger partial charge on any atom is 0.0331 e. The highest BCUT2D eigenvalue weighted by Gasteiger charge is 2.14. The largest absolute Gasteiger partial charge is 0.312 e. The molecule has 0 radical (unpaired) electrons. The minimum absolute atomic E-state index is 0.597. The molecule has 0 aliphatic rings. The van der Waals surface area contributed by atoms with Gasteiger partial charge in [-0.25, -0.2) is 0 Å². The Balaban J connectivity index is 2.52. The van der Waals surface area contributed by atoms with Crippen molar-refractivity contribution < 1.29 is 0 Å². The van der Waals surface area contributed by atoms with Gasteiger partial charge >= 0.3 is 0 Å². The number of rotatable bonds is 9. The normalized spacial score (nSPS) is 13.4. The molecule has 19 heavy (non-hydrogen) atoms. The molecule has 110 valence electrons. The van der Waals surface area contributed by atoms with Crippen molar-refractivity contribution in [1.82, 2.24) is 15.1 Å². The Hall–Kier alpha value is -0.420. The Labute approximate surface area is 122 Å². The van der Waals surface area contributed by atoms with Gasteiger partial charge in [-0.1, -0.05) is 13.8 Å². The smallest absolute Gasteiger partial charge is 0.0331 e. The van der Waals surface area contributed by atoms with Crippen LogP contribution >= 0.6 is 11.3 Å². The van der Waals surface area contributed by atoms with Gasteiger partial charge in [0.05, 0.1) is 0 Å². The van der Waals surface area contributed by atoms with Gasteiger partial charge in [-0.3, -0.25) is 4.90 Å². The molecule has 0 saturated heterocycles. The first-order valence-electron chi connectivity index (χ1n) is 7.23. The number of nitrogens with zero attached hydrogens (tertiary/aromatic N) is 2. The fourth-order valence-electron chi connectivity index (χ4n) is 2.27. The van der Waals surface area contributed by atoms with Gasteiger partial charge in [0.25, 0.3) is 0 Å². The molecular formula is C15H29N3S. The van der Waals surface area contributed by atoms with Gasteiger partial charge in [-0.15, -0.1) is 11.3 Å². The second-order valence-electron chi connectivity index (χ2n) is 5.32. The van der Waals surface area contributed by atoms with Crippen LogP contribution in [0.2, 0.25) is 0 Å². The van der Waals surface area contributed by atoms with Crippen LogP contribution in [0.15, 0.2) is 12.1 Å². The number of hydrogen-bond donors (Lipinski definition) is 1. The Morgan fingerprint density at radius 3 is 2.47 bits per heavy atom.